The molecular weight excluding hydrogens is 214 g/mol. The fourth-order valence-corrected chi connectivity index (χ4v) is 2.15. The van der Waals surface area contributed by atoms with Crippen molar-refractivity contribution in [1.29, 1.82) is 0 Å². The summed E-state index contributed by atoms with van der Waals surface area (Å²) in [6.45, 7) is 5.94. The van der Waals surface area contributed by atoms with Crippen LogP contribution < -0.4 is 4.72 Å². The molecule has 0 aromatic rings. The van der Waals surface area contributed by atoms with E-state index in [9.17, 15) is 8.42 Å². The standard InChI is InChI=1S/C9H21N3O2S/c1-11-6-8-12(9-7-11)5-3-4-10-15(2,13)14/h10H,3-9H2,1-2H3. The first-order valence-corrected chi connectivity index (χ1v) is 7.22. The first-order valence-electron chi connectivity index (χ1n) is 5.33. The van der Waals surface area contributed by atoms with E-state index in [0.717, 1.165) is 39.1 Å². The van der Waals surface area contributed by atoms with Gasteiger partial charge in [-0.25, -0.2) is 13.1 Å². The maximum Gasteiger partial charge on any atom is 0.208 e. The average molecular weight is 235 g/mol. The number of likely N-dealkylation sites (N-methyl/N-ethyl adjacent to an activating group) is 1. The molecule has 1 aliphatic rings. The van der Waals surface area contributed by atoms with Gasteiger partial charge < -0.3 is 9.80 Å². The average Bonchev–Trinajstić information content (AvgIpc) is 2.14. The Morgan fingerprint density at radius 3 is 2.33 bits per heavy atom. The zero-order valence-electron chi connectivity index (χ0n) is 9.57. The van der Waals surface area contributed by atoms with E-state index < -0.39 is 10.0 Å². The normalized spacial score (nSPS) is 20.7. The Bertz CT molecular complexity index is 271. The highest BCUT2D eigenvalue weighted by atomic mass is 32.2. The molecule has 90 valence electrons. The van der Waals surface area contributed by atoms with Gasteiger partial charge in [-0.2, -0.15) is 0 Å². The summed E-state index contributed by atoms with van der Waals surface area (Å²) < 4.78 is 24.1. The molecule has 6 heteroatoms. The Hall–Kier alpha value is -0.170. The van der Waals surface area contributed by atoms with Crippen molar-refractivity contribution in [1.82, 2.24) is 14.5 Å². The van der Waals surface area contributed by atoms with Crippen LogP contribution in [0.2, 0.25) is 0 Å². The van der Waals surface area contributed by atoms with Gasteiger partial charge in [0.05, 0.1) is 6.26 Å². The van der Waals surface area contributed by atoms with Crippen molar-refractivity contribution >= 4 is 10.0 Å². The second kappa shape index (κ2) is 5.79. The molecule has 1 heterocycles. The summed E-state index contributed by atoms with van der Waals surface area (Å²) in [6, 6.07) is 0. The minimum absolute atomic E-state index is 0.547. The number of hydrogen-bond acceptors (Lipinski definition) is 4. The predicted molar refractivity (Wildman–Crippen MR) is 61.4 cm³/mol. The fourth-order valence-electron chi connectivity index (χ4n) is 1.63. The molecule has 1 saturated heterocycles. The second-order valence-corrected chi connectivity index (χ2v) is 6.00. The summed E-state index contributed by atoms with van der Waals surface area (Å²) in [6.07, 6.45) is 2.08. The summed E-state index contributed by atoms with van der Waals surface area (Å²) in [7, 11) is -0.885. The summed E-state index contributed by atoms with van der Waals surface area (Å²) in [5, 5.41) is 0. The van der Waals surface area contributed by atoms with Crippen molar-refractivity contribution in [3.8, 4) is 0 Å². The first-order chi connectivity index (χ1) is 6.97. The highest BCUT2D eigenvalue weighted by Crippen LogP contribution is 1.99. The third-order valence-corrected chi connectivity index (χ3v) is 3.34. The molecule has 1 rings (SSSR count). The zero-order chi connectivity index (χ0) is 11.3. The minimum Gasteiger partial charge on any atom is -0.304 e. The van der Waals surface area contributed by atoms with Crippen LogP contribution in [0.3, 0.4) is 0 Å². The molecule has 0 bridgehead atoms. The Kier molecular flexibility index (Phi) is 4.98. The van der Waals surface area contributed by atoms with Crippen LogP contribution in [0.4, 0.5) is 0 Å². The third-order valence-electron chi connectivity index (χ3n) is 2.61. The lowest BCUT2D eigenvalue weighted by molar-refractivity contribution is 0.153. The van der Waals surface area contributed by atoms with Crippen LogP contribution in [0.25, 0.3) is 0 Å². The number of nitrogens with one attached hydrogen (secondary N) is 1. The molecule has 5 nitrogen and oxygen atoms in total. The van der Waals surface area contributed by atoms with E-state index in [1.807, 2.05) is 0 Å². The predicted octanol–water partition coefficient (Wildman–Crippen LogP) is -0.827. The van der Waals surface area contributed by atoms with Crippen molar-refractivity contribution in [2.45, 2.75) is 6.42 Å². The van der Waals surface area contributed by atoms with Gasteiger partial charge in [0.2, 0.25) is 10.0 Å². The molecule has 0 amide bonds. The monoisotopic (exact) mass is 235 g/mol. The van der Waals surface area contributed by atoms with Crippen molar-refractivity contribution in [3.63, 3.8) is 0 Å². The zero-order valence-corrected chi connectivity index (χ0v) is 10.4. The lowest BCUT2D eigenvalue weighted by Gasteiger charge is -2.32. The number of piperazine rings is 1. The van der Waals surface area contributed by atoms with Gasteiger partial charge in [-0.3, -0.25) is 0 Å². The quantitative estimate of drug-likeness (QED) is 0.632. The van der Waals surface area contributed by atoms with Crippen LogP contribution in [-0.4, -0.2) is 70.8 Å². The van der Waals surface area contributed by atoms with Gasteiger partial charge in [0, 0.05) is 32.7 Å². The van der Waals surface area contributed by atoms with E-state index in [4.69, 9.17) is 0 Å². The van der Waals surface area contributed by atoms with Crippen LogP contribution in [0.1, 0.15) is 6.42 Å². The Morgan fingerprint density at radius 1 is 1.20 bits per heavy atom. The Labute approximate surface area is 92.5 Å². The van der Waals surface area contributed by atoms with E-state index >= 15 is 0 Å². The van der Waals surface area contributed by atoms with Crippen LogP contribution in [0, 0.1) is 0 Å². The van der Waals surface area contributed by atoms with E-state index in [1.54, 1.807) is 0 Å². The van der Waals surface area contributed by atoms with E-state index in [0.29, 0.717) is 6.54 Å². The molecule has 15 heavy (non-hydrogen) atoms. The van der Waals surface area contributed by atoms with Crippen LogP contribution in [-0.2, 0) is 10.0 Å². The highest BCUT2D eigenvalue weighted by molar-refractivity contribution is 7.88. The minimum atomic E-state index is -3.01. The molecule has 1 aliphatic heterocycles. The lowest BCUT2D eigenvalue weighted by Crippen LogP contribution is -2.45. The fraction of sp³-hybridized carbons (Fsp3) is 1.00. The van der Waals surface area contributed by atoms with Gasteiger partial charge in [0.25, 0.3) is 0 Å². The second-order valence-electron chi connectivity index (χ2n) is 4.16. The highest BCUT2D eigenvalue weighted by Gasteiger charge is 2.12. The van der Waals surface area contributed by atoms with Gasteiger partial charge >= 0.3 is 0 Å². The first kappa shape index (κ1) is 12.9. The maximum absolute atomic E-state index is 10.8. The molecule has 0 radical (unpaired) electrons. The largest absolute Gasteiger partial charge is 0.304 e. The van der Waals surface area contributed by atoms with Crippen LogP contribution in [0.15, 0.2) is 0 Å². The summed E-state index contributed by atoms with van der Waals surface area (Å²) in [4.78, 5) is 4.69. The van der Waals surface area contributed by atoms with Gasteiger partial charge in [-0.15, -0.1) is 0 Å². The number of sulfonamides is 1. The van der Waals surface area contributed by atoms with Gasteiger partial charge in [-0.05, 0) is 20.0 Å². The lowest BCUT2D eigenvalue weighted by atomic mass is 10.3. The Morgan fingerprint density at radius 2 is 1.80 bits per heavy atom. The Balaban J connectivity index is 2.06. The molecule has 0 unspecified atom stereocenters. The molecule has 0 saturated carbocycles. The maximum atomic E-state index is 10.8. The molecular formula is C9H21N3O2S. The topological polar surface area (TPSA) is 52.6 Å². The molecule has 0 atom stereocenters. The van der Waals surface area contributed by atoms with Gasteiger partial charge in [0.1, 0.15) is 0 Å². The smallest absolute Gasteiger partial charge is 0.208 e. The van der Waals surface area contributed by atoms with Gasteiger partial charge in [0.15, 0.2) is 0 Å². The molecule has 0 aromatic heterocycles. The van der Waals surface area contributed by atoms with Crippen LogP contribution in [0.5, 0.6) is 0 Å². The summed E-state index contributed by atoms with van der Waals surface area (Å²) in [5.41, 5.74) is 0. The van der Waals surface area contributed by atoms with E-state index in [-0.39, 0.29) is 0 Å². The van der Waals surface area contributed by atoms with Crippen molar-refractivity contribution in [3.05, 3.63) is 0 Å². The van der Waals surface area contributed by atoms with Crippen molar-refractivity contribution in [2.75, 3.05) is 52.6 Å². The summed E-state index contributed by atoms with van der Waals surface area (Å²) in [5.74, 6) is 0. The van der Waals surface area contributed by atoms with E-state index in [2.05, 4.69) is 21.6 Å². The number of rotatable bonds is 5. The molecule has 1 N–H and O–H groups in total. The van der Waals surface area contributed by atoms with Crippen LogP contribution >= 0.6 is 0 Å². The van der Waals surface area contributed by atoms with E-state index in [1.165, 1.54) is 6.26 Å². The SMILES string of the molecule is CN1CCN(CCCNS(C)(=O)=O)CC1. The molecule has 0 spiro atoms. The third kappa shape index (κ3) is 6.09. The van der Waals surface area contributed by atoms with Crippen molar-refractivity contribution in [2.24, 2.45) is 0 Å². The molecule has 1 fully saturated rings. The molecule has 0 aromatic carbocycles. The van der Waals surface area contributed by atoms with Gasteiger partial charge in [-0.1, -0.05) is 0 Å². The molecule has 0 aliphatic carbocycles. The summed E-state index contributed by atoms with van der Waals surface area (Å²) >= 11 is 0. The van der Waals surface area contributed by atoms with Crippen molar-refractivity contribution < 1.29 is 8.42 Å². The number of nitrogens with zero attached hydrogens (tertiary/aromatic N) is 2. The number of hydrogen-bond donors (Lipinski definition) is 1.